The van der Waals surface area contributed by atoms with Crippen LogP contribution >= 0.6 is 0 Å². The van der Waals surface area contributed by atoms with Gasteiger partial charge in [0.05, 0.1) is 12.7 Å². The molecule has 2 bridgehead atoms. The number of carbonyl (C=O) groups is 1. The van der Waals surface area contributed by atoms with E-state index >= 15 is 0 Å². The Kier molecular flexibility index (Phi) is 1.35. The van der Waals surface area contributed by atoms with Gasteiger partial charge in [-0.1, -0.05) is 0 Å². The second kappa shape index (κ2) is 2.30. The summed E-state index contributed by atoms with van der Waals surface area (Å²) in [6, 6.07) is 0. The van der Waals surface area contributed by atoms with Crippen molar-refractivity contribution in [3.63, 3.8) is 0 Å². The molecule has 0 spiro atoms. The summed E-state index contributed by atoms with van der Waals surface area (Å²) in [7, 11) is 0. The molecule has 2 heterocycles. The summed E-state index contributed by atoms with van der Waals surface area (Å²) in [6.07, 6.45) is 3.26. The Hall–Kier alpha value is -0.410. The smallest absolute Gasteiger partial charge is 0.161 e. The van der Waals surface area contributed by atoms with Crippen LogP contribution in [-0.4, -0.2) is 25.3 Å². The van der Waals surface area contributed by atoms with Crippen LogP contribution in [0.15, 0.2) is 0 Å². The summed E-state index contributed by atoms with van der Waals surface area (Å²) < 4.78 is 11.1. The van der Waals surface area contributed by atoms with E-state index in [9.17, 15) is 4.79 Å². The lowest BCUT2D eigenvalue weighted by Gasteiger charge is -2.27. The molecule has 66 valence electrons. The summed E-state index contributed by atoms with van der Waals surface area (Å²) in [4.78, 5) is 10.7. The van der Waals surface area contributed by atoms with Gasteiger partial charge in [0, 0.05) is 11.8 Å². The lowest BCUT2D eigenvalue weighted by Crippen LogP contribution is -2.31. The molecule has 0 aromatic carbocycles. The molecule has 3 rings (SSSR count). The molecule has 12 heavy (non-hydrogen) atoms. The first-order valence-corrected chi connectivity index (χ1v) is 4.61. The van der Waals surface area contributed by atoms with Crippen LogP contribution in [0.3, 0.4) is 0 Å². The van der Waals surface area contributed by atoms with Gasteiger partial charge in [-0.15, -0.1) is 0 Å². The zero-order chi connectivity index (χ0) is 8.13. The van der Waals surface area contributed by atoms with Crippen molar-refractivity contribution in [2.75, 3.05) is 6.61 Å². The van der Waals surface area contributed by atoms with E-state index in [1.807, 2.05) is 0 Å². The van der Waals surface area contributed by atoms with Crippen molar-refractivity contribution < 1.29 is 14.3 Å². The van der Waals surface area contributed by atoms with Crippen molar-refractivity contribution in [2.24, 2.45) is 17.8 Å². The van der Waals surface area contributed by atoms with Gasteiger partial charge in [0.25, 0.3) is 0 Å². The number of fused-ring (bicyclic) bond motifs is 1. The van der Waals surface area contributed by atoms with Crippen molar-refractivity contribution >= 4 is 6.29 Å². The van der Waals surface area contributed by atoms with E-state index < -0.39 is 0 Å². The van der Waals surface area contributed by atoms with Crippen molar-refractivity contribution in [2.45, 2.75) is 25.2 Å². The topological polar surface area (TPSA) is 35.5 Å². The highest BCUT2D eigenvalue weighted by Crippen LogP contribution is 2.48. The molecule has 0 aromatic rings. The van der Waals surface area contributed by atoms with Crippen LogP contribution in [0, 0.1) is 17.8 Å². The Balaban J connectivity index is 1.89. The summed E-state index contributed by atoms with van der Waals surface area (Å²) >= 11 is 0. The minimum Gasteiger partial charge on any atom is -0.352 e. The predicted molar refractivity (Wildman–Crippen MR) is 40.4 cm³/mol. The van der Waals surface area contributed by atoms with Crippen LogP contribution in [0.5, 0.6) is 0 Å². The fourth-order valence-corrected chi connectivity index (χ4v) is 2.79. The average molecular weight is 168 g/mol. The van der Waals surface area contributed by atoms with Gasteiger partial charge in [-0.05, 0) is 18.8 Å². The number of ether oxygens (including phenoxy) is 2. The summed E-state index contributed by atoms with van der Waals surface area (Å²) in [6.45, 7) is 0.798. The van der Waals surface area contributed by atoms with E-state index in [0.717, 1.165) is 25.7 Å². The maximum atomic E-state index is 10.7. The predicted octanol–water partition coefficient (Wildman–Crippen LogP) is 0.583. The van der Waals surface area contributed by atoms with Crippen molar-refractivity contribution in [3.05, 3.63) is 0 Å². The monoisotopic (exact) mass is 168 g/mol. The van der Waals surface area contributed by atoms with E-state index in [1.54, 1.807) is 0 Å². The van der Waals surface area contributed by atoms with Crippen molar-refractivity contribution in [3.8, 4) is 0 Å². The van der Waals surface area contributed by atoms with Crippen LogP contribution < -0.4 is 0 Å². The number of carbonyl (C=O) groups excluding carboxylic acids is 1. The van der Waals surface area contributed by atoms with E-state index in [1.165, 1.54) is 0 Å². The second-order valence-electron chi connectivity index (χ2n) is 4.07. The first kappa shape index (κ1) is 7.04. The van der Waals surface area contributed by atoms with Crippen molar-refractivity contribution in [1.29, 1.82) is 0 Å². The zero-order valence-corrected chi connectivity index (χ0v) is 6.81. The number of hydrogen-bond acceptors (Lipinski definition) is 3. The standard InChI is InChI=1S/C9H12O3/c10-3-5-1-6-4-11-9-7(6)2-8(5)12-9/h3,5-9H,1-2,4H2/t5?,6-,7-,8?,9-/m1/s1. The molecular weight excluding hydrogens is 156 g/mol. The summed E-state index contributed by atoms with van der Waals surface area (Å²) in [5, 5.41) is 0. The quantitative estimate of drug-likeness (QED) is 0.537. The molecule has 2 aliphatic heterocycles. The third-order valence-electron chi connectivity index (χ3n) is 3.47. The summed E-state index contributed by atoms with van der Waals surface area (Å²) in [5.41, 5.74) is 0. The molecule has 0 N–H and O–H groups in total. The molecule has 3 fully saturated rings. The maximum Gasteiger partial charge on any atom is 0.161 e. The Morgan fingerprint density at radius 1 is 1.33 bits per heavy atom. The molecular formula is C9H12O3. The Morgan fingerprint density at radius 3 is 3.08 bits per heavy atom. The van der Waals surface area contributed by atoms with Gasteiger partial charge in [-0.3, -0.25) is 0 Å². The average Bonchev–Trinajstić information content (AvgIpc) is 2.57. The molecule has 3 aliphatic rings. The fourth-order valence-electron chi connectivity index (χ4n) is 2.79. The minimum absolute atomic E-state index is 0.0185. The lowest BCUT2D eigenvalue weighted by molar-refractivity contribution is -0.140. The third kappa shape index (κ3) is 0.756. The number of aldehydes is 1. The highest BCUT2D eigenvalue weighted by atomic mass is 16.7. The second-order valence-corrected chi connectivity index (χ2v) is 4.07. The molecule has 3 heteroatoms. The largest absolute Gasteiger partial charge is 0.352 e. The Morgan fingerprint density at radius 2 is 2.25 bits per heavy atom. The normalized spacial score (nSPS) is 55.8. The van der Waals surface area contributed by atoms with Gasteiger partial charge < -0.3 is 14.3 Å². The first-order valence-electron chi connectivity index (χ1n) is 4.61. The minimum atomic E-state index is 0.0185. The highest BCUT2D eigenvalue weighted by molar-refractivity contribution is 5.55. The first-order chi connectivity index (χ1) is 5.88. The summed E-state index contributed by atoms with van der Waals surface area (Å²) in [5.74, 6) is 1.32. The number of hydrogen-bond donors (Lipinski definition) is 0. The molecule has 1 aliphatic carbocycles. The fraction of sp³-hybridized carbons (Fsp3) is 0.889. The van der Waals surface area contributed by atoms with Gasteiger partial charge in [0.2, 0.25) is 0 Å². The molecule has 5 atom stereocenters. The highest BCUT2D eigenvalue weighted by Gasteiger charge is 2.52. The van der Waals surface area contributed by atoms with Crippen LogP contribution in [0.25, 0.3) is 0 Å². The molecule has 2 unspecified atom stereocenters. The zero-order valence-electron chi connectivity index (χ0n) is 6.81. The molecule has 2 saturated heterocycles. The van der Waals surface area contributed by atoms with Crippen LogP contribution in [0.2, 0.25) is 0 Å². The lowest BCUT2D eigenvalue weighted by atomic mass is 9.76. The Bertz CT molecular complexity index is 214. The van der Waals surface area contributed by atoms with Gasteiger partial charge in [-0.25, -0.2) is 0 Å². The number of rotatable bonds is 1. The molecule has 3 nitrogen and oxygen atoms in total. The van der Waals surface area contributed by atoms with E-state index in [-0.39, 0.29) is 18.3 Å². The molecule has 1 saturated carbocycles. The molecule has 0 aromatic heterocycles. The van der Waals surface area contributed by atoms with Crippen molar-refractivity contribution in [1.82, 2.24) is 0 Å². The van der Waals surface area contributed by atoms with Gasteiger partial charge in [0.1, 0.15) is 6.29 Å². The molecule has 0 amide bonds. The van der Waals surface area contributed by atoms with Crippen LogP contribution in [0.4, 0.5) is 0 Å². The third-order valence-corrected chi connectivity index (χ3v) is 3.47. The Labute approximate surface area is 71.0 Å². The van der Waals surface area contributed by atoms with E-state index in [4.69, 9.17) is 9.47 Å². The SMILES string of the molecule is O=CC1C[C@@H]2CO[C@@H]3OC1C[C@H]23. The van der Waals surface area contributed by atoms with Crippen LogP contribution in [0.1, 0.15) is 12.8 Å². The maximum absolute atomic E-state index is 10.7. The van der Waals surface area contributed by atoms with Gasteiger partial charge in [0.15, 0.2) is 6.29 Å². The van der Waals surface area contributed by atoms with Gasteiger partial charge in [-0.2, -0.15) is 0 Å². The molecule has 0 radical (unpaired) electrons. The van der Waals surface area contributed by atoms with Crippen LogP contribution in [-0.2, 0) is 14.3 Å². The van der Waals surface area contributed by atoms with E-state index in [0.29, 0.717) is 11.8 Å². The van der Waals surface area contributed by atoms with E-state index in [2.05, 4.69) is 0 Å². The van der Waals surface area contributed by atoms with Gasteiger partial charge >= 0.3 is 0 Å².